The predicted molar refractivity (Wildman–Crippen MR) is 60.4 cm³/mol. The number of nitrogens with zero attached hydrogens (tertiary/aromatic N) is 2. The van der Waals surface area contributed by atoms with Gasteiger partial charge in [0.05, 0.1) is 11.1 Å². The van der Waals surface area contributed by atoms with Crippen molar-refractivity contribution >= 4 is 11.8 Å². The van der Waals surface area contributed by atoms with Crippen LogP contribution in [0.5, 0.6) is 0 Å². The van der Waals surface area contributed by atoms with E-state index in [1.165, 1.54) is 17.0 Å². The maximum absolute atomic E-state index is 4.46. The summed E-state index contributed by atoms with van der Waals surface area (Å²) in [5, 5.41) is 8.48. The molecule has 2 rings (SSSR count). The van der Waals surface area contributed by atoms with Crippen LogP contribution in [0.3, 0.4) is 0 Å². The molecule has 0 aliphatic carbocycles. The Morgan fingerprint density at radius 1 is 1.71 bits per heavy atom. The third-order valence-corrected chi connectivity index (χ3v) is 3.92. The molecule has 1 saturated heterocycles. The Bertz CT molecular complexity index is 321. The fourth-order valence-electron chi connectivity index (χ4n) is 1.82. The van der Waals surface area contributed by atoms with E-state index in [2.05, 4.69) is 30.5 Å². The van der Waals surface area contributed by atoms with Gasteiger partial charge in [-0.15, -0.1) is 11.8 Å². The monoisotopic (exact) mass is 211 g/mol. The van der Waals surface area contributed by atoms with Gasteiger partial charge in [-0.05, 0) is 13.3 Å². The van der Waals surface area contributed by atoms with Crippen molar-refractivity contribution in [2.45, 2.75) is 31.7 Å². The quantitative estimate of drug-likeness (QED) is 0.807. The van der Waals surface area contributed by atoms with E-state index >= 15 is 0 Å². The Morgan fingerprint density at radius 2 is 2.50 bits per heavy atom. The first kappa shape index (κ1) is 10.1. The van der Waals surface area contributed by atoms with Gasteiger partial charge in [0.25, 0.3) is 0 Å². The summed E-state index contributed by atoms with van der Waals surface area (Å²) < 4.78 is 1.92. The highest BCUT2D eigenvalue weighted by Gasteiger charge is 2.25. The second kappa shape index (κ2) is 3.95. The van der Waals surface area contributed by atoms with Crippen LogP contribution >= 0.6 is 11.8 Å². The SMILES string of the molecule is CCc1nn(C)cc1C1NC(C)CS1. The molecule has 0 spiro atoms. The van der Waals surface area contributed by atoms with Crippen LogP contribution in [-0.2, 0) is 13.5 Å². The Balaban J connectivity index is 2.22. The number of nitrogens with one attached hydrogen (secondary N) is 1. The maximum atomic E-state index is 4.46. The normalized spacial score (nSPS) is 27.1. The van der Waals surface area contributed by atoms with Crippen molar-refractivity contribution in [3.05, 3.63) is 17.5 Å². The molecule has 1 fully saturated rings. The molecule has 0 saturated carbocycles. The first-order valence-electron chi connectivity index (χ1n) is 5.10. The van der Waals surface area contributed by atoms with Gasteiger partial charge in [-0.1, -0.05) is 6.92 Å². The lowest BCUT2D eigenvalue weighted by Crippen LogP contribution is -2.22. The molecule has 1 aliphatic heterocycles. The second-order valence-electron chi connectivity index (χ2n) is 3.84. The molecule has 78 valence electrons. The van der Waals surface area contributed by atoms with Crippen LogP contribution in [0.1, 0.15) is 30.5 Å². The predicted octanol–water partition coefficient (Wildman–Crippen LogP) is 1.71. The smallest absolute Gasteiger partial charge is 0.0825 e. The van der Waals surface area contributed by atoms with Gasteiger partial charge >= 0.3 is 0 Å². The molecule has 1 N–H and O–H groups in total. The van der Waals surface area contributed by atoms with Crippen LogP contribution < -0.4 is 5.32 Å². The third-order valence-electron chi connectivity index (χ3n) is 2.50. The number of rotatable bonds is 2. The van der Waals surface area contributed by atoms with Crippen molar-refractivity contribution in [1.82, 2.24) is 15.1 Å². The second-order valence-corrected chi connectivity index (χ2v) is 4.98. The molecular formula is C10H17N3S. The van der Waals surface area contributed by atoms with Gasteiger partial charge in [0.1, 0.15) is 0 Å². The molecule has 0 aromatic carbocycles. The first-order chi connectivity index (χ1) is 6.70. The Labute approximate surface area is 89.3 Å². The Kier molecular flexibility index (Phi) is 2.83. The maximum Gasteiger partial charge on any atom is 0.0825 e. The molecule has 1 aromatic heterocycles. The van der Waals surface area contributed by atoms with Gasteiger partial charge in [-0.3, -0.25) is 10.00 Å². The molecule has 4 heteroatoms. The van der Waals surface area contributed by atoms with Gasteiger partial charge in [0.2, 0.25) is 0 Å². The van der Waals surface area contributed by atoms with Crippen molar-refractivity contribution in [3.8, 4) is 0 Å². The summed E-state index contributed by atoms with van der Waals surface area (Å²) in [6.07, 6.45) is 3.16. The molecule has 14 heavy (non-hydrogen) atoms. The molecule has 1 aliphatic rings. The fraction of sp³-hybridized carbons (Fsp3) is 0.700. The minimum Gasteiger partial charge on any atom is -0.298 e. The third kappa shape index (κ3) is 1.81. The molecule has 1 aromatic rings. The minimum absolute atomic E-state index is 0.452. The summed E-state index contributed by atoms with van der Waals surface area (Å²) >= 11 is 1.98. The molecule has 0 bridgehead atoms. The summed E-state index contributed by atoms with van der Waals surface area (Å²) in [6, 6.07) is 0.620. The van der Waals surface area contributed by atoms with Crippen LogP contribution in [0.4, 0.5) is 0 Å². The van der Waals surface area contributed by atoms with Crippen molar-refractivity contribution in [2.75, 3.05) is 5.75 Å². The summed E-state index contributed by atoms with van der Waals surface area (Å²) in [5.41, 5.74) is 2.59. The van der Waals surface area contributed by atoms with E-state index in [0.29, 0.717) is 11.4 Å². The summed E-state index contributed by atoms with van der Waals surface area (Å²) in [6.45, 7) is 4.39. The zero-order valence-electron chi connectivity index (χ0n) is 8.95. The zero-order valence-corrected chi connectivity index (χ0v) is 9.77. The highest BCUT2D eigenvalue weighted by Crippen LogP contribution is 2.34. The number of hydrogen-bond acceptors (Lipinski definition) is 3. The molecule has 0 amide bonds. The highest BCUT2D eigenvalue weighted by molar-refractivity contribution is 7.99. The van der Waals surface area contributed by atoms with E-state index in [-0.39, 0.29) is 0 Å². The molecule has 3 nitrogen and oxygen atoms in total. The van der Waals surface area contributed by atoms with Gasteiger partial charge in [-0.25, -0.2) is 0 Å². The molecule has 2 atom stereocenters. The molecule has 2 unspecified atom stereocenters. The molecule has 0 radical (unpaired) electrons. The average molecular weight is 211 g/mol. The highest BCUT2D eigenvalue weighted by atomic mass is 32.2. The van der Waals surface area contributed by atoms with E-state index in [9.17, 15) is 0 Å². The standard InChI is InChI=1S/C10H17N3S/c1-4-9-8(5-13(3)12-9)10-11-7(2)6-14-10/h5,7,10-11H,4,6H2,1-3H3. The van der Waals surface area contributed by atoms with Crippen molar-refractivity contribution < 1.29 is 0 Å². The Morgan fingerprint density at radius 3 is 3.07 bits per heavy atom. The van der Waals surface area contributed by atoms with Gasteiger partial charge in [0.15, 0.2) is 0 Å². The summed E-state index contributed by atoms with van der Waals surface area (Å²) in [4.78, 5) is 0. The van der Waals surface area contributed by atoms with Gasteiger partial charge in [0, 0.05) is 30.6 Å². The van der Waals surface area contributed by atoms with Crippen molar-refractivity contribution in [3.63, 3.8) is 0 Å². The Hall–Kier alpha value is -0.480. The lowest BCUT2D eigenvalue weighted by atomic mass is 10.2. The van der Waals surface area contributed by atoms with Crippen LogP contribution in [0.15, 0.2) is 6.20 Å². The fourth-order valence-corrected chi connectivity index (χ4v) is 3.10. The number of hydrogen-bond donors (Lipinski definition) is 1. The van der Waals surface area contributed by atoms with E-state index < -0.39 is 0 Å². The van der Waals surface area contributed by atoms with E-state index in [1.54, 1.807) is 0 Å². The van der Waals surface area contributed by atoms with E-state index in [1.807, 2.05) is 23.5 Å². The van der Waals surface area contributed by atoms with Crippen LogP contribution in [0.25, 0.3) is 0 Å². The van der Waals surface area contributed by atoms with Crippen molar-refractivity contribution in [1.29, 1.82) is 0 Å². The largest absolute Gasteiger partial charge is 0.298 e. The number of aromatic nitrogens is 2. The average Bonchev–Trinajstić information content (AvgIpc) is 2.71. The van der Waals surface area contributed by atoms with Crippen LogP contribution in [0.2, 0.25) is 0 Å². The van der Waals surface area contributed by atoms with Crippen LogP contribution in [0, 0.1) is 0 Å². The first-order valence-corrected chi connectivity index (χ1v) is 6.15. The summed E-state index contributed by atoms with van der Waals surface area (Å²) in [7, 11) is 1.99. The summed E-state index contributed by atoms with van der Waals surface area (Å²) in [5.74, 6) is 1.20. The molecular weight excluding hydrogens is 194 g/mol. The lowest BCUT2D eigenvalue weighted by molar-refractivity contribution is 0.615. The molecule has 2 heterocycles. The van der Waals surface area contributed by atoms with E-state index in [4.69, 9.17) is 0 Å². The van der Waals surface area contributed by atoms with Gasteiger partial charge < -0.3 is 0 Å². The number of aryl methyl sites for hydroxylation is 2. The zero-order chi connectivity index (χ0) is 10.1. The van der Waals surface area contributed by atoms with E-state index in [0.717, 1.165) is 6.42 Å². The van der Waals surface area contributed by atoms with Gasteiger partial charge in [-0.2, -0.15) is 5.10 Å². The van der Waals surface area contributed by atoms with Crippen molar-refractivity contribution in [2.24, 2.45) is 7.05 Å². The minimum atomic E-state index is 0.452. The number of thioether (sulfide) groups is 1. The van der Waals surface area contributed by atoms with Crippen LogP contribution in [-0.4, -0.2) is 21.6 Å². The lowest BCUT2D eigenvalue weighted by Gasteiger charge is -2.09. The topological polar surface area (TPSA) is 29.9 Å².